The monoisotopic (exact) mass is 390 g/mol. The van der Waals surface area contributed by atoms with Crippen LogP contribution in [0.25, 0.3) is 10.6 Å². The molecule has 0 bridgehead atoms. The van der Waals surface area contributed by atoms with Crippen LogP contribution < -0.4 is 5.73 Å². The number of piperidine rings is 1. The first-order valence-electron chi connectivity index (χ1n) is 8.90. The summed E-state index contributed by atoms with van der Waals surface area (Å²) in [7, 11) is 0. The molecule has 0 saturated carbocycles. The molecule has 1 aliphatic heterocycles. The average Bonchev–Trinajstić information content (AvgIpc) is 3.18. The smallest absolute Gasteiger partial charge is 0.273 e. The van der Waals surface area contributed by atoms with Crippen LogP contribution in [0.15, 0.2) is 29.6 Å². The molecule has 144 valence electrons. The quantitative estimate of drug-likeness (QED) is 0.442. The van der Waals surface area contributed by atoms with Gasteiger partial charge in [-0.3, -0.25) is 14.9 Å². The van der Waals surface area contributed by atoms with Crippen LogP contribution in [0.3, 0.4) is 0 Å². The second-order valence-corrected chi connectivity index (χ2v) is 7.20. The van der Waals surface area contributed by atoms with E-state index in [1.165, 1.54) is 23.5 Å². The molecule has 0 atom stereocenters. The lowest BCUT2D eigenvalue weighted by molar-refractivity contribution is -0.384. The summed E-state index contributed by atoms with van der Waals surface area (Å²) in [4.78, 5) is 29.2. The van der Waals surface area contributed by atoms with Crippen molar-refractivity contribution < 1.29 is 14.5 Å². The van der Waals surface area contributed by atoms with Crippen molar-refractivity contribution in [2.24, 2.45) is 5.73 Å². The zero-order valence-corrected chi connectivity index (χ0v) is 15.7. The highest BCUT2D eigenvalue weighted by atomic mass is 32.1. The summed E-state index contributed by atoms with van der Waals surface area (Å²) in [5.41, 5.74) is 6.67. The molecular formula is C18H22N4O4S. The van der Waals surface area contributed by atoms with Gasteiger partial charge in [-0.1, -0.05) is 0 Å². The number of rotatable bonds is 7. The Kier molecular flexibility index (Phi) is 6.49. The lowest BCUT2D eigenvalue weighted by atomic mass is 10.1. The van der Waals surface area contributed by atoms with Crippen molar-refractivity contribution >= 4 is 22.9 Å². The summed E-state index contributed by atoms with van der Waals surface area (Å²) in [6.07, 6.45) is 2.67. The summed E-state index contributed by atoms with van der Waals surface area (Å²) < 4.78 is 5.77. The van der Waals surface area contributed by atoms with Gasteiger partial charge >= 0.3 is 0 Å². The fourth-order valence-electron chi connectivity index (χ4n) is 2.95. The molecule has 2 heterocycles. The topological polar surface area (TPSA) is 112 Å². The Labute approximate surface area is 161 Å². The van der Waals surface area contributed by atoms with Crippen LogP contribution in [-0.4, -0.2) is 53.1 Å². The largest absolute Gasteiger partial charge is 0.378 e. The third-order valence-electron chi connectivity index (χ3n) is 4.48. The molecule has 27 heavy (non-hydrogen) atoms. The number of nitro groups is 1. The van der Waals surface area contributed by atoms with Gasteiger partial charge < -0.3 is 15.4 Å². The van der Waals surface area contributed by atoms with Crippen LogP contribution in [0.2, 0.25) is 0 Å². The highest BCUT2D eigenvalue weighted by Crippen LogP contribution is 2.26. The molecule has 0 aliphatic carbocycles. The summed E-state index contributed by atoms with van der Waals surface area (Å²) in [5.74, 6) is -0.0835. The number of hydrogen-bond donors (Lipinski definition) is 1. The van der Waals surface area contributed by atoms with E-state index in [-0.39, 0.29) is 17.7 Å². The van der Waals surface area contributed by atoms with Gasteiger partial charge in [0.1, 0.15) is 10.7 Å². The maximum absolute atomic E-state index is 12.7. The van der Waals surface area contributed by atoms with Gasteiger partial charge in [0.25, 0.3) is 11.6 Å². The maximum Gasteiger partial charge on any atom is 0.273 e. The lowest BCUT2D eigenvalue weighted by Gasteiger charge is -2.31. The molecule has 1 aliphatic rings. The van der Waals surface area contributed by atoms with Gasteiger partial charge in [-0.05, 0) is 37.9 Å². The van der Waals surface area contributed by atoms with Gasteiger partial charge in [-0.2, -0.15) is 0 Å². The Morgan fingerprint density at radius 1 is 1.33 bits per heavy atom. The number of amides is 1. The Morgan fingerprint density at radius 2 is 2.04 bits per heavy atom. The highest BCUT2D eigenvalue weighted by Gasteiger charge is 2.25. The van der Waals surface area contributed by atoms with Crippen LogP contribution in [-0.2, 0) is 4.74 Å². The number of nitrogens with two attached hydrogens (primary N) is 1. The van der Waals surface area contributed by atoms with E-state index in [4.69, 9.17) is 10.5 Å². The number of hydrogen-bond acceptors (Lipinski definition) is 7. The molecular weight excluding hydrogens is 368 g/mol. The fraction of sp³-hybridized carbons (Fsp3) is 0.444. The van der Waals surface area contributed by atoms with Crippen molar-refractivity contribution in [1.29, 1.82) is 0 Å². The summed E-state index contributed by atoms with van der Waals surface area (Å²) in [6.45, 7) is 2.59. The number of likely N-dealkylation sites (tertiary alicyclic amines) is 1. The van der Waals surface area contributed by atoms with Crippen LogP contribution in [0.1, 0.15) is 29.8 Å². The van der Waals surface area contributed by atoms with Gasteiger partial charge in [0, 0.05) is 42.8 Å². The molecule has 1 fully saturated rings. The first kappa shape index (κ1) is 19.4. The number of carbonyl (C=O) groups is 1. The van der Waals surface area contributed by atoms with Crippen molar-refractivity contribution in [2.75, 3.05) is 26.2 Å². The standard InChI is InChI=1S/C18H22N4O4S/c19-8-1-11-26-15-6-9-21(10-7-15)18(23)16-12-27-17(20-16)13-2-4-14(5-3-13)22(24)25/h2-5,12,15H,1,6-11,19H2. The van der Waals surface area contributed by atoms with Crippen molar-refractivity contribution in [1.82, 2.24) is 9.88 Å². The minimum atomic E-state index is -0.441. The van der Waals surface area contributed by atoms with E-state index in [0.29, 0.717) is 36.9 Å². The average molecular weight is 390 g/mol. The van der Waals surface area contributed by atoms with Gasteiger partial charge in [0.2, 0.25) is 0 Å². The van der Waals surface area contributed by atoms with E-state index in [1.807, 2.05) is 0 Å². The number of nitrogens with zero attached hydrogens (tertiary/aromatic N) is 3. The summed E-state index contributed by atoms with van der Waals surface area (Å²) in [6, 6.07) is 6.17. The first-order valence-corrected chi connectivity index (χ1v) is 9.77. The molecule has 3 rings (SSSR count). The van der Waals surface area contributed by atoms with Crippen LogP contribution in [0.4, 0.5) is 5.69 Å². The van der Waals surface area contributed by atoms with Gasteiger partial charge in [-0.25, -0.2) is 4.98 Å². The zero-order chi connectivity index (χ0) is 19.2. The molecule has 2 aromatic rings. The Bertz CT molecular complexity index is 785. The van der Waals surface area contributed by atoms with E-state index < -0.39 is 4.92 Å². The van der Waals surface area contributed by atoms with Crippen molar-refractivity contribution in [2.45, 2.75) is 25.4 Å². The minimum Gasteiger partial charge on any atom is -0.378 e. The predicted octanol–water partition coefficient (Wildman–Crippen LogP) is 2.69. The van der Waals surface area contributed by atoms with Gasteiger partial charge in [0.05, 0.1) is 11.0 Å². The second-order valence-electron chi connectivity index (χ2n) is 6.35. The highest BCUT2D eigenvalue weighted by molar-refractivity contribution is 7.13. The normalized spacial score (nSPS) is 15.1. The van der Waals surface area contributed by atoms with E-state index in [0.717, 1.165) is 24.8 Å². The summed E-state index contributed by atoms with van der Waals surface area (Å²) >= 11 is 1.36. The first-order chi connectivity index (χ1) is 13.1. The molecule has 1 aromatic carbocycles. The molecule has 1 saturated heterocycles. The van der Waals surface area contributed by atoms with E-state index >= 15 is 0 Å². The molecule has 1 aromatic heterocycles. The lowest BCUT2D eigenvalue weighted by Crippen LogP contribution is -2.41. The number of benzene rings is 1. The van der Waals surface area contributed by atoms with Gasteiger partial charge in [-0.15, -0.1) is 11.3 Å². The number of aromatic nitrogens is 1. The number of non-ortho nitro benzene ring substituents is 1. The molecule has 0 spiro atoms. The predicted molar refractivity (Wildman–Crippen MR) is 103 cm³/mol. The minimum absolute atomic E-state index is 0.0307. The molecule has 0 unspecified atom stereocenters. The molecule has 9 heteroatoms. The number of carbonyl (C=O) groups excluding carboxylic acids is 1. The van der Waals surface area contributed by atoms with Gasteiger partial charge in [0.15, 0.2) is 0 Å². The molecule has 1 amide bonds. The number of ether oxygens (including phenoxy) is 1. The van der Waals surface area contributed by atoms with Crippen molar-refractivity contribution in [3.63, 3.8) is 0 Å². The maximum atomic E-state index is 12.7. The van der Waals surface area contributed by atoms with Crippen molar-refractivity contribution in [3.8, 4) is 10.6 Å². The third-order valence-corrected chi connectivity index (χ3v) is 5.37. The van der Waals surface area contributed by atoms with E-state index in [9.17, 15) is 14.9 Å². The molecule has 2 N–H and O–H groups in total. The molecule has 0 radical (unpaired) electrons. The van der Waals surface area contributed by atoms with Crippen LogP contribution in [0.5, 0.6) is 0 Å². The number of nitro benzene ring substituents is 1. The fourth-order valence-corrected chi connectivity index (χ4v) is 3.75. The second kappa shape index (κ2) is 9.03. The molecule has 8 nitrogen and oxygen atoms in total. The Balaban J connectivity index is 1.58. The SMILES string of the molecule is NCCCOC1CCN(C(=O)c2csc(-c3ccc([N+](=O)[O-])cc3)n2)CC1. The van der Waals surface area contributed by atoms with E-state index in [1.54, 1.807) is 22.4 Å². The van der Waals surface area contributed by atoms with Crippen molar-refractivity contribution in [3.05, 3.63) is 45.5 Å². The van der Waals surface area contributed by atoms with Crippen LogP contribution in [0, 0.1) is 10.1 Å². The zero-order valence-electron chi connectivity index (χ0n) is 14.9. The summed E-state index contributed by atoms with van der Waals surface area (Å²) in [5, 5.41) is 13.2. The number of thiazole rings is 1. The van der Waals surface area contributed by atoms with Crippen LogP contribution >= 0.6 is 11.3 Å². The van der Waals surface area contributed by atoms with E-state index in [2.05, 4.69) is 4.98 Å². The Morgan fingerprint density at radius 3 is 2.67 bits per heavy atom. The Hall–Kier alpha value is -2.36. The third kappa shape index (κ3) is 4.88.